The quantitative estimate of drug-likeness (QED) is 0.529. The van der Waals surface area contributed by atoms with E-state index < -0.39 is 10.2 Å². The molecule has 1 fully saturated rings. The number of rotatable bonds is 5. The minimum Gasteiger partial charge on any atom is -0.388 e. The highest BCUT2D eigenvalue weighted by molar-refractivity contribution is 7.86. The van der Waals surface area contributed by atoms with E-state index in [1.54, 1.807) is 0 Å². The minimum absolute atomic E-state index is 0.0145. The van der Waals surface area contributed by atoms with Gasteiger partial charge in [-0.25, -0.2) is 0 Å². The van der Waals surface area contributed by atoms with Gasteiger partial charge in [-0.15, -0.1) is 0 Å². The Morgan fingerprint density at radius 1 is 1.38 bits per heavy atom. The van der Waals surface area contributed by atoms with Crippen molar-refractivity contribution in [3.8, 4) is 0 Å². The van der Waals surface area contributed by atoms with Gasteiger partial charge in [-0.2, -0.15) is 17.0 Å². The molecule has 6 nitrogen and oxygen atoms in total. The van der Waals surface area contributed by atoms with E-state index in [4.69, 9.17) is 11.1 Å². The zero-order valence-electron chi connectivity index (χ0n) is 9.65. The van der Waals surface area contributed by atoms with Crippen molar-refractivity contribution in [3.63, 3.8) is 0 Å². The van der Waals surface area contributed by atoms with E-state index in [2.05, 4.69) is 0 Å². The Morgan fingerprint density at radius 3 is 2.44 bits per heavy atom. The van der Waals surface area contributed by atoms with E-state index in [0.29, 0.717) is 13.1 Å². The number of hydrogen-bond donors (Lipinski definition) is 2. The number of hydrogen-bond acceptors (Lipinski definition) is 3. The van der Waals surface area contributed by atoms with Crippen molar-refractivity contribution in [3.05, 3.63) is 0 Å². The second-order valence-corrected chi connectivity index (χ2v) is 6.10. The summed E-state index contributed by atoms with van der Waals surface area (Å²) in [5, 5.41) is 7.08. The smallest absolute Gasteiger partial charge is 0.281 e. The number of nitrogens with one attached hydrogen (secondary N) is 1. The number of amidine groups is 1. The van der Waals surface area contributed by atoms with Crippen molar-refractivity contribution >= 4 is 16.0 Å². The standard InChI is InChI=1S/C9H20N4O2S/c1-12(8-5-9(10)11)16(14,15)13-6-3-2-4-7-13/h2-8H2,1H3,(H3,10,11). The maximum Gasteiger partial charge on any atom is 0.281 e. The van der Waals surface area contributed by atoms with Crippen molar-refractivity contribution in [2.24, 2.45) is 5.73 Å². The molecule has 0 saturated carbocycles. The van der Waals surface area contributed by atoms with Gasteiger partial charge in [-0.3, -0.25) is 5.41 Å². The first-order valence-corrected chi connectivity index (χ1v) is 6.88. The fourth-order valence-electron chi connectivity index (χ4n) is 1.69. The lowest BCUT2D eigenvalue weighted by Crippen LogP contribution is -2.45. The Kier molecular flexibility index (Phi) is 4.69. The summed E-state index contributed by atoms with van der Waals surface area (Å²) < 4.78 is 26.9. The molecule has 0 aliphatic carbocycles. The first kappa shape index (κ1) is 13.4. The average molecular weight is 248 g/mol. The summed E-state index contributed by atoms with van der Waals surface area (Å²) >= 11 is 0. The van der Waals surface area contributed by atoms with Crippen LogP contribution in [0.15, 0.2) is 0 Å². The Hall–Kier alpha value is -0.660. The van der Waals surface area contributed by atoms with Gasteiger partial charge in [0.05, 0.1) is 5.84 Å². The first-order valence-electron chi connectivity index (χ1n) is 5.49. The summed E-state index contributed by atoms with van der Waals surface area (Å²) in [6, 6.07) is 0. The van der Waals surface area contributed by atoms with Crippen molar-refractivity contribution in [2.75, 3.05) is 26.7 Å². The lowest BCUT2D eigenvalue weighted by Gasteiger charge is -2.30. The van der Waals surface area contributed by atoms with Gasteiger partial charge in [0.1, 0.15) is 0 Å². The number of nitrogens with zero attached hydrogens (tertiary/aromatic N) is 2. The molecule has 0 radical (unpaired) electrons. The average Bonchev–Trinajstić information content (AvgIpc) is 2.27. The maximum absolute atomic E-state index is 12.0. The van der Waals surface area contributed by atoms with Crippen LogP contribution in [-0.2, 0) is 10.2 Å². The largest absolute Gasteiger partial charge is 0.388 e. The molecule has 94 valence electrons. The Morgan fingerprint density at radius 2 is 1.94 bits per heavy atom. The molecule has 1 aliphatic rings. The van der Waals surface area contributed by atoms with Gasteiger partial charge in [0.2, 0.25) is 0 Å². The van der Waals surface area contributed by atoms with Crippen molar-refractivity contribution in [1.82, 2.24) is 8.61 Å². The second-order valence-electron chi connectivity index (χ2n) is 4.06. The maximum atomic E-state index is 12.0. The number of piperidine rings is 1. The molecule has 3 N–H and O–H groups in total. The van der Waals surface area contributed by atoms with Crippen LogP contribution in [0.5, 0.6) is 0 Å². The van der Waals surface area contributed by atoms with E-state index >= 15 is 0 Å². The highest BCUT2D eigenvalue weighted by atomic mass is 32.2. The molecule has 0 amide bonds. The molecule has 1 saturated heterocycles. The van der Waals surface area contributed by atoms with E-state index in [1.807, 2.05) is 0 Å². The van der Waals surface area contributed by atoms with Gasteiger partial charge in [0.25, 0.3) is 10.2 Å². The third-order valence-corrected chi connectivity index (χ3v) is 4.72. The highest BCUT2D eigenvalue weighted by Gasteiger charge is 2.27. The van der Waals surface area contributed by atoms with Gasteiger partial charge in [0.15, 0.2) is 0 Å². The molecule has 0 bridgehead atoms. The third-order valence-electron chi connectivity index (χ3n) is 2.73. The van der Waals surface area contributed by atoms with Crippen LogP contribution >= 0.6 is 0 Å². The van der Waals surface area contributed by atoms with Crippen molar-refractivity contribution < 1.29 is 8.42 Å². The predicted molar refractivity (Wildman–Crippen MR) is 63.5 cm³/mol. The van der Waals surface area contributed by atoms with Crippen LogP contribution in [0.25, 0.3) is 0 Å². The lowest BCUT2D eigenvalue weighted by atomic mass is 10.2. The summed E-state index contributed by atoms with van der Waals surface area (Å²) in [6.45, 7) is 1.48. The Balaban J connectivity index is 2.57. The van der Waals surface area contributed by atoms with E-state index in [0.717, 1.165) is 19.3 Å². The predicted octanol–water partition coefficient (Wildman–Crippen LogP) is -0.0250. The van der Waals surface area contributed by atoms with Crippen LogP contribution < -0.4 is 5.73 Å². The van der Waals surface area contributed by atoms with Crippen LogP contribution in [0.2, 0.25) is 0 Å². The molecule has 0 unspecified atom stereocenters. The van der Waals surface area contributed by atoms with E-state index in [1.165, 1.54) is 15.7 Å². The third kappa shape index (κ3) is 3.43. The van der Waals surface area contributed by atoms with Gasteiger partial charge in [-0.05, 0) is 12.8 Å². The summed E-state index contributed by atoms with van der Waals surface area (Å²) in [6.07, 6.45) is 3.24. The molecule has 0 aromatic heterocycles. The summed E-state index contributed by atoms with van der Waals surface area (Å²) in [7, 11) is -1.81. The first-order chi connectivity index (χ1) is 7.44. The fraction of sp³-hybridized carbons (Fsp3) is 0.889. The molecule has 1 aliphatic heterocycles. The molecule has 0 aromatic rings. The normalized spacial score (nSPS) is 18.9. The SMILES string of the molecule is CN(CCC(=N)N)S(=O)(=O)N1CCCCC1. The monoisotopic (exact) mass is 248 g/mol. The van der Waals surface area contributed by atoms with Crippen molar-refractivity contribution in [2.45, 2.75) is 25.7 Å². The Bertz CT molecular complexity index is 335. The molecule has 1 rings (SSSR count). The fourth-order valence-corrected chi connectivity index (χ4v) is 3.12. The van der Waals surface area contributed by atoms with Crippen LogP contribution in [0.1, 0.15) is 25.7 Å². The van der Waals surface area contributed by atoms with Gasteiger partial charge in [-0.1, -0.05) is 6.42 Å². The van der Waals surface area contributed by atoms with Gasteiger partial charge < -0.3 is 5.73 Å². The minimum atomic E-state index is -3.34. The Labute approximate surface area is 97.1 Å². The van der Waals surface area contributed by atoms with Crippen LogP contribution in [0.3, 0.4) is 0 Å². The molecular formula is C9H20N4O2S. The molecule has 0 spiro atoms. The zero-order chi connectivity index (χ0) is 12.2. The second kappa shape index (κ2) is 5.60. The van der Waals surface area contributed by atoms with Crippen LogP contribution in [-0.4, -0.2) is 49.5 Å². The summed E-state index contributed by atoms with van der Waals surface area (Å²) in [5.74, 6) is 0.0145. The molecule has 1 heterocycles. The summed E-state index contributed by atoms with van der Waals surface area (Å²) in [5.41, 5.74) is 5.21. The zero-order valence-corrected chi connectivity index (χ0v) is 10.5. The van der Waals surface area contributed by atoms with Gasteiger partial charge >= 0.3 is 0 Å². The van der Waals surface area contributed by atoms with Crippen molar-refractivity contribution in [1.29, 1.82) is 5.41 Å². The van der Waals surface area contributed by atoms with Gasteiger partial charge in [0, 0.05) is 33.1 Å². The van der Waals surface area contributed by atoms with Crippen LogP contribution in [0.4, 0.5) is 0 Å². The van der Waals surface area contributed by atoms with E-state index in [-0.39, 0.29) is 18.8 Å². The molecular weight excluding hydrogens is 228 g/mol. The van der Waals surface area contributed by atoms with Crippen LogP contribution in [0, 0.1) is 5.41 Å². The van der Waals surface area contributed by atoms with E-state index in [9.17, 15) is 8.42 Å². The summed E-state index contributed by atoms with van der Waals surface area (Å²) in [4.78, 5) is 0. The molecule has 16 heavy (non-hydrogen) atoms. The topological polar surface area (TPSA) is 90.5 Å². The molecule has 7 heteroatoms. The lowest BCUT2D eigenvalue weighted by molar-refractivity contribution is 0.317. The molecule has 0 atom stereocenters. The highest BCUT2D eigenvalue weighted by Crippen LogP contribution is 2.15. The molecule has 0 aromatic carbocycles. The number of nitrogens with two attached hydrogens (primary N) is 1.